The highest BCUT2D eigenvalue weighted by Crippen LogP contribution is 2.25. The maximum Gasteiger partial charge on any atom is 0.256 e. The summed E-state index contributed by atoms with van der Waals surface area (Å²) in [5, 5.41) is 9.18. The molecule has 0 aliphatic rings. The summed E-state index contributed by atoms with van der Waals surface area (Å²) in [7, 11) is 0. The third kappa shape index (κ3) is 3.46. The molecule has 0 saturated heterocycles. The topological polar surface area (TPSA) is 59.8 Å². The zero-order valence-electron chi connectivity index (χ0n) is 15.2. The molecule has 0 aliphatic heterocycles. The van der Waals surface area contributed by atoms with Crippen molar-refractivity contribution in [3.63, 3.8) is 0 Å². The number of pyridine rings is 1. The average Bonchev–Trinajstić information content (AvgIpc) is 3.04. The second-order valence-corrected chi connectivity index (χ2v) is 7.29. The van der Waals surface area contributed by atoms with Crippen molar-refractivity contribution >= 4 is 45.8 Å². The van der Waals surface area contributed by atoms with Gasteiger partial charge in [-0.25, -0.2) is 4.98 Å². The van der Waals surface area contributed by atoms with Gasteiger partial charge in [0.1, 0.15) is 5.82 Å². The molecule has 0 fully saturated rings. The molecular formula is C21H16Cl2N4O. The van der Waals surface area contributed by atoms with E-state index in [0.29, 0.717) is 27.2 Å². The summed E-state index contributed by atoms with van der Waals surface area (Å²) in [4.78, 5) is 17.4. The number of carbonyl (C=O) groups excluding carboxylic acids is 1. The minimum atomic E-state index is -0.308. The third-order valence-electron chi connectivity index (χ3n) is 4.38. The van der Waals surface area contributed by atoms with Crippen molar-refractivity contribution in [1.29, 1.82) is 0 Å². The summed E-state index contributed by atoms with van der Waals surface area (Å²) in [6.45, 7) is 3.89. The highest BCUT2D eigenvalue weighted by molar-refractivity contribution is 6.42. The first-order valence-electron chi connectivity index (χ1n) is 8.62. The predicted octanol–water partition coefficient (Wildman–Crippen LogP) is 5.60. The second-order valence-electron chi connectivity index (χ2n) is 6.48. The van der Waals surface area contributed by atoms with Crippen molar-refractivity contribution in [1.82, 2.24) is 14.8 Å². The molecule has 7 heteroatoms. The Bertz CT molecular complexity index is 1220. The second kappa shape index (κ2) is 7.26. The number of fused-ring (bicyclic) bond motifs is 1. The van der Waals surface area contributed by atoms with Crippen LogP contribution in [0.5, 0.6) is 0 Å². The van der Waals surface area contributed by atoms with Crippen molar-refractivity contribution in [3.05, 3.63) is 81.5 Å². The SMILES string of the molecule is Cc1cc(NC(=O)c2ccc(Cl)c(Cl)c2)n(-c2cc(C)c3ccccc3n2)n1. The number of anilines is 1. The van der Waals surface area contributed by atoms with Gasteiger partial charge in [0, 0.05) is 17.0 Å². The zero-order chi connectivity index (χ0) is 19.8. The Morgan fingerprint density at radius 3 is 2.57 bits per heavy atom. The normalized spacial score (nSPS) is 11.0. The first-order valence-corrected chi connectivity index (χ1v) is 9.38. The molecule has 0 radical (unpaired) electrons. The molecule has 0 aliphatic carbocycles. The molecular weight excluding hydrogens is 395 g/mol. The van der Waals surface area contributed by atoms with Crippen molar-refractivity contribution in [2.24, 2.45) is 0 Å². The van der Waals surface area contributed by atoms with Crippen LogP contribution >= 0.6 is 23.2 Å². The Kier molecular flexibility index (Phi) is 4.79. The molecule has 0 spiro atoms. The monoisotopic (exact) mass is 410 g/mol. The first kappa shape index (κ1) is 18.5. The number of carbonyl (C=O) groups is 1. The molecule has 1 amide bonds. The molecule has 28 heavy (non-hydrogen) atoms. The van der Waals surface area contributed by atoms with E-state index in [2.05, 4.69) is 10.4 Å². The predicted molar refractivity (Wildman–Crippen MR) is 113 cm³/mol. The van der Waals surface area contributed by atoms with E-state index in [1.807, 2.05) is 44.2 Å². The number of rotatable bonds is 3. The quantitative estimate of drug-likeness (QED) is 0.478. The Balaban J connectivity index is 1.73. The van der Waals surface area contributed by atoms with Gasteiger partial charge in [0.15, 0.2) is 5.82 Å². The van der Waals surface area contributed by atoms with E-state index in [1.165, 1.54) is 6.07 Å². The smallest absolute Gasteiger partial charge is 0.256 e. The highest BCUT2D eigenvalue weighted by atomic mass is 35.5. The van der Waals surface area contributed by atoms with Gasteiger partial charge in [-0.05, 0) is 49.7 Å². The van der Waals surface area contributed by atoms with E-state index in [-0.39, 0.29) is 5.91 Å². The van der Waals surface area contributed by atoms with Crippen molar-refractivity contribution in [2.75, 3.05) is 5.32 Å². The van der Waals surface area contributed by atoms with Gasteiger partial charge in [-0.15, -0.1) is 0 Å². The molecule has 1 N–H and O–H groups in total. The molecule has 0 unspecified atom stereocenters. The summed E-state index contributed by atoms with van der Waals surface area (Å²) in [6, 6.07) is 16.4. The molecule has 2 aromatic carbocycles. The molecule has 0 saturated carbocycles. The lowest BCUT2D eigenvalue weighted by molar-refractivity contribution is 0.102. The Hall–Kier alpha value is -2.89. The number of nitrogens with one attached hydrogen (secondary N) is 1. The lowest BCUT2D eigenvalue weighted by Crippen LogP contribution is -2.15. The zero-order valence-corrected chi connectivity index (χ0v) is 16.7. The Morgan fingerprint density at radius 2 is 1.79 bits per heavy atom. The lowest BCUT2D eigenvalue weighted by atomic mass is 10.1. The van der Waals surface area contributed by atoms with Crippen LogP contribution in [0.15, 0.2) is 54.6 Å². The van der Waals surface area contributed by atoms with Gasteiger partial charge in [0.05, 0.1) is 21.3 Å². The van der Waals surface area contributed by atoms with Crippen molar-refractivity contribution in [2.45, 2.75) is 13.8 Å². The molecule has 4 aromatic rings. The van der Waals surface area contributed by atoms with Gasteiger partial charge >= 0.3 is 0 Å². The maximum absolute atomic E-state index is 12.7. The van der Waals surface area contributed by atoms with E-state index in [9.17, 15) is 4.79 Å². The number of benzene rings is 2. The summed E-state index contributed by atoms with van der Waals surface area (Å²) >= 11 is 12.0. The van der Waals surface area contributed by atoms with Gasteiger partial charge < -0.3 is 5.32 Å². The first-order chi connectivity index (χ1) is 13.4. The van der Waals surface area contributed by atoms with Gasteiger partial charge in [-0.1, -0.05) is 41.4 Å². The van der Waals surface area contributed by atoms with Crippen LogP contribution in [0, 0.1) is 13.8 Å². The lowest BCUT2D eigenvalue weighted by Gasteiger charge is -2.11. The van der Waals surface area contributed by atoms with Gasteiger partial charge in [0.2, 0.25) is 0 Å². The molecule has 2 heterocycles. The standard InChI is InChI=1S/C21H16Cl2N4O/c1-12-9-19(24-18-6-4-3-5-15(12)18)27-20(10-13(2)26-27)25-21(28)14-7-8-16(22)17(23)11-14/h3-11H,1-2H3,(H,25,28). The number of hydrogen-bond acceptors (Lipinski definition) is 3. The number of hydrogen-bond donors (Lipinski definition) is 1. The molecule has 4 rings (SSSR count). The van der Waals surface area contributed by atoms with E-state index in [0.717, 1.165) is 22.2 Å². The Labute approximate surface area is 171 Å². The number of amides is 1. The summed E-state index contributed by atoms with van der Waals surface area (Å²) < 4.78 is 1.63. The Morgan fingerprint density at radius 1 is 1.00 bits per heavy atom. The fraction of sp³-hybridized carbons (Fsp3) is 0.0952. The molecule has 0 bridgehead atoms. The van der Waals surface area contributed by atoms with Crippen molar-refractivity contribution in [3.8, 4) is 5.82 Å². The van der Waals surface area contributed by atoms with E-state index >= 15 is 0 Å². The minimum Gasteiger partial charge on any atom is -0.306 e. The molecule has 2 aromatic heterocycles. The van der Waals surface area contributed by atoms with Crippen LogP contribution in [-0.4, -0.2) is 20.7 Å². The highest BCUT2D eigenvalue weighted by Gasteiger charge is 2.15. The van der Waals surface area contributed by atoms with Gasteiger partial charge in [-0.2, -0.15) is 9.78 Å². The number of nitrogens with zero attached hydrogens (tertiary/aromatic N) is 3. The van der Waals surface area contributed by atoms with E-state index < -0.39 is 0 Å². The summed E-state index contributed by atoms with van der Waals surface area (Å²) in [6.07, 6.45) is 0. The number of aryl methyl sites for hydroxylation is 2. The van der Waals surface area contributed by atoms with Crippen LogP contribution in [0.25, 0.3) is 16.7 Å². The van der Waals surface area contributed by atoms with Crippen molar-refractivity contribution < 1.29 is 4.79 Å². The number of para-hydroxylation sites is 1. The fourth-order valence-corrected chi connectivity index (χ4v) is 3.33. The maximum atomic E-state index is 12.7. The van der Waals surface area contributed by atoms with Crippen LogP contribution in [0.1, 0.15) is 21.6 Å². The average molecular weight is 411 g/mol. The van der Waals surface area contributed by atoms with Gasteiger partial charge in [0.25, 0.3) is 5.91 Å². The minimum absolute atomic E-state index is 0.308. The number of aromatic nitrogens is 3. The van der Waals surface area contributed by atoms with Crippen LogP contribution in [0.4, 0.5) is 5.82 Å². The molecule has 0 atom stereocenters. The van der Waals surface area contributed by atoms with E-state index in [1.54, 1.807) is 22.9 Å². The van der Waals surface area contributed by atoms with Crippen LogP contribution < -0.4 is 5.32 Å². The summed E-state index contributed by atoms with van der Waals surface area (Å²) in [5.41, 5.74) is 3.11. The van der Waals surface area contributed by atoms with Gasteiger partial charge in [-0.3, -0.25) is 4.79 Å². The van der Waals surface area contributed by atoms with Crippen LogP contribution in [0.2, 0.25) is 10.0 Å². The largest absolute Gasteiger partial charge is 0.306 e. The van der Waals surface area contributed by atoms with Crippen LogP contribution in [-0.2, 0) is 0 Å². The fourth-order valence-electron chi connectivity index (χ4n) is 3.03. The molecule has 5 nitrogen and oxygen atoms in total. The number of halogens is 2. The molecule has 140 valence electrons. The third-order valence-corrected chi connectivity index (χ3v) is 5.12. The van der Waals surface area contributed by atoms with Crippen LogP contribution in [0.3, 0.4) is 0 Å². The summed E-state index contributed by atoms with van der Waals surface area (Å²) in [5.74, 6) is 0.849. The van der Waals surface area contributed by atoms with E-state index in [4.69, 9.17) is 28.2 Å².